The number of hydrogen-bond acceptors (Lipinski definition) is 19. The monoisotopic (exact) mass is 614 g/mol. The van der Waals surface area contributed by atoms with Gasteiger partial charge in [0.15, 0.2) is 18.9 Å². The molecule has 3 heterocycles. The van der Waals surface area contributed by atoms with Crippen LogP contribution >= 0.6 is 0 Å². The Bertz CT molecular complexity index is 868. The average Bonchev–Trinajstić information content (AvgIpc) is 3.27. The van der Waals surface area contributed by atoms with Gasteiger partial charge in [-0.2, -0.15) is 0 Å². The van der Waals surface area contributed by atoms with Crippen molar-refractivity contribution >= 4 is 0 Å². The lowest BCUT2D eigenvalue weighted by molar-refractivity contribution is -0.306. The van der Waals surface area contributed by atoms with Crippen LogP contribution in [0.3, 0.4) is 0 Å². The molecule has 42 heavy (non-hydrogen) atoms. The SMILES string of the molecule is NC[C@@H]1O[C@@H](O[C@H]2[C@@H](O)[C@H](O[C@H]3[C@@H](O)[C@H](N)C[C@H](N)[C@H]3O[C@H]3O[C@H](CN)[C@@H](O)[C@H](O)[C@H]3N)O[C@@H]2CO)[C@H](N)[C@@H](O)[C@@H]1O. The molecule has 0 spiro atoms. The molecule has 1 saturated carbocycles. The second kappa shape index (κ2) is 14.1. The summed E-state index contributed by atoms with van der Waals surface area (Å²) in [5.41, 5.74) is 35.6. The first kappa shape index (κ1) is 34.1. The van der Waals surface area contributed by atoms with Crippen molar-refractivity contribution in [1.29, 1.82) is 0 Å². The van der Waals surface area contributed by atoms with E-state index in [1.807, 2.05) is 0 Å². The van der Waals surface area contributed by atoms with Gasteiger partial charge in [-0.05, 0) is 6.42 Å². The summed E-state index contributed by atoms with van der Waals surface area (Å²) < 4.78 is 34.6. The van der Waals surface area contributed by atoms with Crippen LogP contribution in [0.2, 0.25) is 0 Å². The van der Waals surface area contributed by atoms with E-state index in [4.69, 9.17) is 62.8 Å². The number of aliphatic hydroxyl groups is 7. The Morgan fingerprint density at radius 3 is 1.45 bits per heavy atom. The first-order valence-electron chi connectivity index (χ1n) is 13.9. The molecule has 0 bridgehead atoms. The van der Waals surface area contributed by atoms with Crippen molar-refractivity contribution in [2.45, 2.75) is 123 Å². The predicted octanol–water partition coefficient (Wildman–Crippen LogP) is -8.90. The fourth-order valence-corrected chi connectivity index (χ4v) is 5.74. The van der Waals surface area contributed by atoms with Gasteiger partial charge in [0.05, 0.1) is 24.8 Å². The quantitative estimate of drug-likeness (QED) is 0.115. The molecule has 3 aliphatic heterocycles. The molecule has 3 saturated heterocycles. The lowest BCUT2D eigenvalue weighted by Crippen LogP contribution is -2.68. The summed E-state index contributed by atoms with van der Waals surface area (Å²) in [5, 5.41) is 73.0. The van der Waals surface area contributed by atoms with Gasteiger partial charge in [-0.1, -0.05) is 0 Å². The Labute approximate surface area is 241 Å². The summed E-state index contributed by atoms with van der Waals surface area (Å²) in [5.74, 6) is 0. The summed E-state index contributed by atoms with van der Waals surface area (Å²) in [6.07, 6.45) is -19.8. The van der Waals surface area contributed by atoms with E-state index in [2.05, 4.69) is 0 Å². The summed E-state index contributed by atoms with van der Waals surface area (Å²) in [7, 11) is 0. The third kappa shape index (κ3) is 6.60. The van der Waals surface area contributed by atoms with E-state index in [-0.39, 0.29) is 19.5 Å². The molecule has 19 heteroatoms. The lowest BCUT2D eigenvalue weighted by Gasteiger charge is -2.47. The van der Waals surface area contributed by atoms with E-state index in [1.54, 1.807) is 0 Å². The van der Waals surface area contributed by atoms with Crippen molar-refractivity contribution in [3.05, 3.63) is 0 Å². The highest BCUT2D eigenvalue weighted by atomic mass is 16.8. The number of ether oxygens (including phenoxy) is 6. The van der Waals surface area contributed by atoms with E-state index in [9.17, 15) is 35.7 Å². The molecule has 4 rings (SSSR count). The fourth-order valence-electron chi connectivity index (χ4n) is 5.74. The molecule has 1 aliphatic carbocycles. The van der Waals surface area contributed by atoms with Crippen molar-refractivity contribution in [2.75, 3.05) is 19.7 Å². The Morgan fingerprint density at radius 1 is 0.524 bits per heavy atom. The summed E-state index contributed by atoms with van der Waals surface area (Å²) in [4.78, 5) is 0. The zero-order chi connectivity index (χ0) is 31.0. The summed E-state index contributed by atoms with van der Waals surface area (Å²) >= 11 is 0. The molecule has 0 aromatic rings. The van der Waals surface area contributed by atoms with Gasteiger partial charge in [0.2, 0.25) is 0 Å². The molecule has 0 aromatic heterocycles. The lowest BCUT2D eigenvalue weighted by atomic mass is 9.84. The van der Waals surface area contributed by atoms with Crippen LogP contribution in [0.5, 0.6) is 0 Å². The molecule has 0 amide bonds. The van der Waals surface area contributed by atoms with Gasteiger partial charge in [0, 0.05) is 25.2 Å². The summed E-state index contributed by atoms with van der Waals surface area (Å²) in [6.45, 7) is -0.967. The molecule has 19 nitrogen and oxygen atoms in total. The van der Waals surface area contributed by atoms with Gasteiger partial charge in [0.25, 0.3) is 0 Å². The molecular formula is C23H46N6O13. The van der Waals surface area contributed by atoms with Crippen molar-refractivity contribution < 1.29 is 64.2 Å². The van der Waals surface area contributed by atoms with Gasteiger partial charge in [-0.25, -0.2) is 0 Å². The highest BCUT2D eigenvalue weighted by molar-refractivity contribution is 5.02. The maximum atomic E-state index is 11.1. The van der Waals surface area contributed by atoms with E-state index < -0.39 is 123 Å². The van der Waals surface area contributed by atoms with Crippen LogP contribution in [0, 0.1) is 0 Å². The minimum absolute atomic E-state index is 0.0889. The second-order valence-electron chi connectivity index (χ2n) is 11.2. The Morgan fingerprint density at radius 2 is 0.976 bits per heavy atom. The molecule has 4 fully saturated rings. The van der Waals surface area contributed by atoms with Crippen LogP contribution in [-0.4, -0.2) is 172 Å². The fraction of sp³-hybridized carbons (Fsp3) is 1.00. The van der Waals surface area contributed by atoms with Gasteiger partial charge < -0.3 is 98.6 Å². The van der Waals surface area contributed by atoms with Crippen molar-refractivity contribution in [2.24, 2.45) is 34.4 Å². The van der Waals surface area contributed by atoms with Gasteiger partial charge in [0.1, 0.15) is 67.1 Å². The van der Waals surface area contributed by atoms with Crippen molar-refractivity contribution in [3.63, 3.8) is 0 Å². The number of hydrogen-bond donors (Lipinski definition) is 13. The minimum Gasteiger partial charge on any atom is -0.394 e. The van der Waals surface area contributed by atoms with Crippen LogP contribution < -0.4 is 34.4 Å². The number of rotatable bonds is 9. The first-order valence-corrected chi connectivity index (χ1v) is 13.9. The van der Waals surface area contributed by atoms with Crippen LogP contribution in [0.25, 0.3) is 0 Å². The second-order valence-corrected chi connectivity index (χ2v) is 11.2. The van der Waals surface area contributed by atoms with Crippen LogP contribution in [0.1, 0.15) is 6.42 Å². The molecular weight excluding hydrogens is 568 g/mol. The standard InChI is InChI=1S/C23H46N6O13/c24-2-7-13(32)15(34)10(28)21(37-7)40-18-6(27)1-5(26)12(31)20(18)42-23-17(36)19(9(4-30)39-23)41-22-11(29)16(35)14(33)8(3-25)38-22/h5-23,30-36H,1-4,24-29H2/t5-,6+,7-,8+,9-,10-,11-,12+,13-,14-,15-,16-,17-,18-,19-,20+,21-,22+,23+/m1/s1. The highest BCUT2D eigenvalue weighted by Gasteiger charge is 2.54. The van der Waals surface area contributed by atoms with Crippen LogP contribution in [0.15, 0.2) is 0 Å². The zero-order valence-electron chi connectivity index (χ0n) is 22.8. The van der Waals surface area contributed by atoms with E-state index in [0.717, 1.165) is 0 Å². The molecule has 0 unspecified atom stereocenters. The van der Waals surface area contributed by atoms with Gasteiger partial charge in [-0.15, -0.1) is 0 Å². The molecule has 0 radical (unpaired) electrons. The molecule has 246 valence electrons. The largest absolute Gasteiger partial charge is 0.394 e. The van der Waals surface area contributed by atoms with Gasteiger partial charge >= 0.3 is 0 Å². The van der Waals surface area contributed by atoms with E-state index in [1.165, 1.54) is 0 Å². The number of aliphatic hydroxyl groups excluding tert-OH is 7. The Hall–Kier alpha value is -0.760. The normalized spacial score (nSPS) is 53.8. The summed E-state index contributed by atoms with van der Waals surface area (Å²) in [6, 6.07) is -4.18. The minimum atomic E-state index is -1.60. The Kier molecular flexibility index (Phi) is 11.5. The Balaban J connectivity index is 1.50. The highest BCUT2D eigenvalue weighted by Crippen LogP contribution is 2.34. The van der Waals surface area contributed by atoms with Crippen LogP contribution in [0.4, 0.5) is 0 Å². The molecule has 4 aliphatic rings. The number of nitrogens with two attached hydrogens (primary N) is 6. The predicted molar refractivity (Wildman–Crippen MR) is 138 cm³/mol. The topological polar surface area (TPSA) is 353 Å². The van der Waals surface area contributed by atoms with Crippen LogP contribution in [-0.2, 0) is 28.4 Å². The van der Waals surface area contributed by atoms with E-state index >= 15 is 0 Å². The van der Waals surface area contributed by atoms with Crippen molar-refractivity contribution in [3.8, 4) is 0 Å². The first-order chi connectivity index (χ1) is 19.8. The maximum absolute atomic E-state index is 11.1. The van der Waals surface area contributed by atoms with E-state index in [0.29, 0.717) is 0 Å². The average molecular weight is 615 g/mol. The molecule has 0 aromatic carbocycles. The smallest absolute Gasteiger partial charge is 0.187 e. The molecule has 19 atom stereocenters. The molecule has 19 N–H and O–H groups in total. The third-order valence-electron chi connectivity index (χ3n) is 8.37. The van der Waals surface area contributed by atoms with Gasteiger partial charge in [-0.3, -0.25) is 0 Å². The third-order valence-corrected chi connectivity index (χ3v) is 8.37. The van der Waals surface area contributed by atoms with Crippen molar-refractivity contribution in [1.82, 2.24) is 0 Å². The zero-order valence-corrected chi connectivity index (χ0v) is 22.8. The maximum Gasteiger partial charge on any atom is 0.187 e.